The first kappa shape index (κ1) is 16.5. The number of ether oxygens (including phenoxy) is 1. The van der Waals surface area contributed by atoms with Crippen molar-refractivity contribution in [3.8, 4) is 10.4 Å². The molecule has 0 unspecified atom stereocenters. The van der Waals surface area contributed by atoms with E-state index in [1.54, 1.807) is 11.3 Å². The molecule has 26 heavy (non-hydrogen) atoms. The second-order valence-corrected chi connectivity index (χ2v) is 6.78. The molecule has 0 bridgehead atoms. The maximum absolute atomic E-state index is 12.1. The van der Waals surface area contributed by atoms with E-state index < -0.39 is 0 Å². The predicted octanol–water partition coefficient (Wildman–Crippen LogP) is 4.45. The lowest BCUT2D eigenvalue weighted by molar-refractivity contribution is -0.121. The van der Waals surface area contributed by atoms with E-state index in [0.29, 0.717) is 12.4 Å². The fourth-order valence-electron chi connectivity index (χ4n) is 2.71. The van der Waals surface area contributed by atoms with E-state index in [4.69, 9.17) is 4.74 Å². The molecule has 1 amide bonds. The van der Waals surface area contributed by atoms with Gasteiger partial charge in [0.15, 0.2) is 5.82 Å². The van der Waals surface area contributed by atoms with Gasteiger partial charge in [-0.25, -0.2) is 0 Å². The molecule has 2 aromatic carbocycles. The quantitative estimate of drug-likeness (QED) is 0.532. The minimum atomic E-state index is -0.225. The third kappa shape index (κ3) is 3.66. The molecule has 2 aromatic heterocycles. The van der Waals surface area contributed by atoms with E-state index in [-0.39, 0.29) is 12.5 Å². The van der Waals surface area contributed by atoms with Crippen LogP contribution >= 0.6 is 11.3 Å². The van der Waals surface area contributed by atoms with Crippen LogP contribution in [0.4, 0.5) is 5.82 Å². The number of amides is 1. The Labute approximate surface area is 154 Å². The Bertz CT molecular complexity index is 1010. The van der Waals surface area contributed by atoms with Crippen LogP contribution in [0.2, 0.25) is 0 Å². The highest BCUT2D eigenvalue weighted by Gasteiger charge is 2.11. The second kappa shape index (κ2) is 7.51. The maximum atomic E-state index is 12.1. The molecule has 6 heteroatoms. The molecule has 0 atom stereocenters. The van der Waals surface area contributed by atoms with Crippen LogP contribution in [0, 0.1) is 0 Å². The molecule has 4 rings (SSSR count). The number of anilines is 1. The number of fused-ring (bicyclic) bond motifs is 1. The van der Waals surface area contributed by atoms with Crippen molar-refractivity contribution < 1.29 is 9.53 Å². The van der Waals surface area contributed by atoms with Crippen LogP contribution in [0.15, 0.2) is 66.0 Å². The summed E-state index contributed by atoms with van der Waals surface area (Å²) in [6.45, 7) is 0.385. The standard InChI is InChI=1S/C20H17N3O2S/c24-19(13-25-12-14-5-2-1-3-6-14)21-20-16-9-8-15(11-17(16)22-23-20)18-7-4-10-26-18/h1-11H,12-13H2,(H2,21,22,23,24). The summed E-state index contributed by atoms with van der Waals surface area (Å²) < 4.78 is 5.46. The third-order valence-corrected chi connectivity index (χ3v) is 4.89. The number of aromatic nitrogens is 2. The van der Waals surface area contributed by atoms with E-state index in [1.807, 2.05) is 60.0 Å². The summed E-state index contributed by atoms with van der Waals surface area (Å²) in [5.74, 6) is 0.294. The van der Waals surface area contributed by atoms with Gasteiger partial charge in [0.2, 0.25) is 0 Å². The normalized spacial score (nSPS) is 10.9. The second-order valence-electron chi connectivity index (χ2n) is 5.84. The highest BCUT2D eigenvalue weighted by molar-refractivity contribution is 7.13. The number of thiophene rings is 1. The molecule has 0 aliphatic heterocycles. The molecule has 0 saturated heterocycles. The molecular formula is C20H17N3O2S. The first-order valence-electron chi connectivity index (χ1n) is 8.23. The van der Waals surface area contributed by atoms with Crippen molar-refractivity contribution in [3.63, 3.8) is 0 Å². The largest absolute Gasteiger partial charge is 0.367 e. The van der Waals surface area contributed by atoms with Gasteiger partial charge in [-0.2, -0.15) is 5.10 Å². The fraction of sp³-hybridized carbons (Fsp3) is 0.100. The number of benzene rings is 2. The number of hydrogen-bond acceptors (Lipinski definition) is 4. The van der Waals surface area contributed by atoms with Crippen LogP contribution in [-0.2, 0) is 16.1 Å². The van der Waals surface area contributed by atoms with Crippen LogP contribution in [0.25, 0.3) is 21.3 Å². The van der Waals surface area contributed by atoms with Gasteiger partial charge >= 0.3 is 0 Å². The number of hydrogen-bond donors (Lipinski definition) is 2. The van der Waals surface area contributed by atoms with Crippen molar-refractivity contribution in [2.75, 3.05) is 11.9 Å². The van der Waals surface area contributed by atoms with Crippen molar-refractivity contribution in [2.24, 2.45) is 0 Å². The Balaban J connectivity index is 1.40. The van der Waals surface area contributed by atoms with Gasteiger partial charge in [0, 0.05) is 10.3 Å². The lowest BCUT2D eigenvalue weighted by atomic mass is 10.1. The first-order chi connectivity index (χ1) is 12.8. The summed E-state index contributed by atoms with van der Waals surface area (Å²) in [6.07, 6.45) is 0. The molecule has 130 valence electrons. The summed E-state index contributed by atoms with van der Waals surface area (Å²) in [4.78, 5) is 13.3. The van der Waals surface area contributed by atoms with E-state index in [0.717, 1.165) is 22.0 Å². The Kier molecular flexibility index (Phi) is 4.77. The van der Waals surface area contributed by atoms with Crippen LogP contribution in [0.3, 0.4) is 0 Å². The van der Waals surface area contributed by atoms with Crippen LogP contribution in [0.1, 0.15) is 5.56 Å². The van der Waals surface area contributed by atoms with Crippen molar-refractivity contribution >= 4 is 34.0 Å². The Morgan fingerprint density at radius 2 is 2.00 bits per heavy atom. The van der Waals surface area contributed by atoms with Gasteiger partial charge in [0.25, 0.3) is 5.91 Å². The van der Waals surface area contributed by atoms with E-state index >= 15 is 0 Å². The number of rotatable bonds is 6. The summed E-state index contributed by atoms with van der Waals surface area (Å²) >= 11 is 1.69. The van der Waals surface area contributed by atoms with E-state index in [2.05, 4.69) is 21.6 Å². The van der Waals surface area contributed by atoms with Gasteiger partial charge < -0.3 is 10.1 Å². The average Bonchev–Trinajstić information content (AvgIpc) is 3.33. The van der Waals surface area contributed by atoms with Crippen LogP contribution in [-0.4, -0.2) is 22.7 Å². The molecule has 2 heterocycles. The van der Waals surface area contributed by atoms with E-state index in [1.165, 1.54) is 4.88 Å². The average molecular weight is 363 g/mol. The Morgan fingerprint density at radius 1 is 1.12 bits per heavy atom. The highest BCUT2D eigenvalue weighted by atomic mass is 32.1. The fourth-order valence-corrected chi connectivity index (χ4v) is 3.44. The van der Waals surface area contributed by atoms with Gasteiger partial charge in [-0.1, -0.05) is 42.5 Å². The van der Waals surface area contributed by atoms with Crippen LogP contribution < -0.4 is 5.32 Å². The third-order valence-electron chi connectivity index (χ3n) is 3.97. The number of nitrogens with zero attached hydrogens (tertiary/aromatic N) is 1. The van der Waals surface area contributed by atoms with Crippen LogP contribution in [0.5, 0.6) is 0 Å². The predicted molar refractivity (Wildman–Crippen MR) is 104 cm³/mol. The zero-order chi connectivity index (χ0) is 17.8. The summed E-state index contributed by atoms with van der Waals surface area (Å²) in [5.41, 5.74) is 3.04. The lowest BCUT2D eigenvalue weighted by Crippen LogP contribution is -2.18. The smallest absolute Gasteiger partial charge is 0.251 e. The van der Waals surface area contributed by atoms with Gasteiger partial charge in [-0.05, 0) is 34.7 Å². The van der Waals surface area contributed by atoms with Gasteiger partial charge in [0.05, 0.1) is 12.1 Å². The minimum Gasteiger partial charge on any atom is -0.367 e. The van der Waals surface area contributed by atoms with E-state index in [9.17, 15) is 4.79 Å². The molecule has 5 nitrogen and oxygen atoms in total. The molecule has 0 radical (unpaired) electrons. The highest BCUT2D eigenvalue weighted by Crippen LogP contribution is 2.29. The molecule has 0 aliphatic rings. The number of carbonyl (C=O) groups excluding carboxylic acids is 1. The zero-order valence-electron chi connectivity index (χ0n) is 13.9. The number of aromatic amines is 1. The Morgan fingerprint density at radius 3 is 2.81 bits per heavy atom. The molecule has 2 N–H and O–H groups in total. The van der Waals surface area contributed by atoms with Gasteiger partial charge in [0.1, 0.15) is 6.61 Å². The summed E-state index contributed by atoms with van der Waals surface area (Å²) in [6, 6.07) is 19.9. The number of nitrogens with one attached hydrogen (secondary N) is 2. The monoisotopic (exact) mass is 363 g/mol. The maximum Gasteiger partial charge on any atom is 0.251 e. The summed E-state index contributed by atoms with van der Waals surface area (Å²) in [5, 5.41) is 12.9. The number of carbonyl (C=O) groups is 1. The lowest BCUT2D eigenvalue weighted by Gasteiger charge is -2.05. The molecule has 4 aromatic rings. The first-order valence-corrected chi connectivity index (χ1v) is 9.11. The Hall–Kier alpha value is -2.96. The SMILES string of the molecule is O=C(COCc1ccccc1)Nc1n[nH]c2cc(-c3cccs3)ccc12. The molecule has 0 aliphatic carbocycles. The molecule has 0 saturated carbocycles. The molecule has 0 spiro atoms. The number of H-pyrrole nitrogens is 1. The van der Waals surface area contributed by atoms with Crippen molar-refractivity contribution in [1.29, 1.82) is 0 Å². The molecule has 0 fully saturated rings. The van der Waals surface area contributed by atoms with Gasteiger partial charge in [-0.15, -0.1) is 11.3 Å². The van der Waals surface area contributed by atoms with Crippen molar-refractivity contribution in [1.82, 2.24) is 10.2 Å². The van der Waals surface area contributed by atoms with Crippen molar-refractivity contribution in [3.05, 3.63) is 71.6 Å². The minimum absolute atomic E-state index is 0.0173. The topological polar surface area (TPSA) is 67.0 Å². The summed E-state index contributed by atoms with van der Waals surface area (Å²) in [7, 11) is 0. The molecular weight excluding hydrogens is 346 g/mol. The van der Waals surface area contributed by atoms with Crippen molar-refractivity contribution in [2.45, 2.75) is 6.61 Å². The van der Waals surface area contributed by atoms with Gasteiger partial charge in [-0.3, -0.25) is 9.89 Å². The zero-order valence-corrected chi connectivity index (χ0v) is 14.8.